The van der Waals surface area contributed by atoms with Crippen LogP contribution in [0.3, 0.4) is 0 Å². The quantitative estimate of drug-likeness (QED) is 0.930. The Labute approximate surface area is 117 Å². The van der Waals surface area contributed by atoms with E-state index in [9.17, 15) is 4.79 Å². The lowest BCUT2D eigenvalue weighted by atomic mass is 10.1. The van der Waals surface area contributed by atoms with Crippen LogP contribution in [-0.4, -0.2) is 30.4 Å². The largest absolute Gasteiger partial charge is 0.325 e. The molecular formula is C14H19BrN2O. The van der Waals surface area contributed by atoms with E-state index >= 15 is 0 Å². The van der Waals surface area contributed by atoms with Crippen molar-refractivity contribution in [3.8, 4) is 0 Å². The fourth-order valence-corrected chi connectivity index (χ4v) is 2.97. The van der Waals surface area contributed by atoms with Gasteiger partial charge in [-0.05, 0) is 67.0 Å². The van der Waals surface area contributed by atoms with E-state index < -0.39 is 0 Å². The summed E-state index contributed by atoms with van der Waals surface area (Å²) in [4.78, 5) is 14.3. The molecule has 0 aliphatic carbocycles. The first kappa shape index (κ1) is 13.6. The monoisotopic (exact) mass is 310 g/mol. The van der Waals surface area contributed by atoms with Gasteiger partial charge in [-0.3, -0.25) is 4.79 Å². The normalized spacial score (nSPS) is 20.1. The highest BCUT2D eigenvalue weighted by Crippen LogP contribution is 2.24. The Bertz CT molecular complexity index is 447. The maximum atomic E-state index is 12.0. The average Bonchev–Trinajstić information content (AvgIpc) is 2.69. The minimum Gasteiger partial charge on any atom is -0.325 e. The zero-order valence-corrected chi connectivity index (χ0v) is 12.5. The molecule has 1 aromatic rings. The van der Waals surface area contributed by atoms with Crippen LogP contribution in [0, 0.1) is 6.92 Å². The third kappa shape index (κ3) is 3.33. The molecule has 1 saturated heterocycles. The van der Waals surface area contributed by atoms with E-state index in [1.807, 2.05) is 25.1 Å². The van der Waals surface area contributed by atoms with Crippen molar-refractivity contribution >= 4 is 27.5 Å². The van der Waals surface area contributed by atoms with Gasteiger partial charge in [0, 0.05) is 16.9 Å². The number of amides is 1. The van der Waals surface area contributed by atoms with Crippen molar-refractivity contribution in [1.29, 1.82) is 0 Å². The molecule has 0 radical (unpaired) electrons. The van der Waals surface area contributed by atoms with Crippen LogP contribution in [0.5, 0.6) is 0 Å². The number of benzene rings is 1. The lowest BCUT2D eigenvalue weighted by molar-refractivity contribution is -0.117. The summed E-state index contributed by atoms with van der Waals surface area (Å²) in [6, 6.07) is 6.35. The van der Waals surface area contributed by atoms with Crippen LogP contribution < -0.4 is 5.32 Å². The number of halogens is 1. The number of hydrogen-bond acceptors (Lipinski definition) is 2. The van der Waals surface area contributed by atoms with Gasteiger partial charge in [-0.2, -0.15) is 0 Å². The molecule has 18 heavy (non-hydrogen) atoms. The fourth-order valence-electron chi connectivity index (χ4n) is 2.37. The lowest BCUT2D eigenvalue weighted by Gasteiger charge is -2.19. The Balaban J connectivity index is 1.94. The van der Waals surface area contributed by atoms with Crippen molar-refractivity contribution in [2.75, 3.05) is 18.9 Å². The van der Waals surface area contributed by atoms with Gasteiger partial charge in [-0.15, -0.1) is 0 Å². The topological polar surface area (TPSA) is 32.3 Å². The molecule has 1 heterocycles. The Morgan fingerprint density at radius 2 is 2.33 bits per heavy atom. The van der Waals surface area contributed by atoms with Crippen LogP contribution in [0.4, 0.5) is 5.69 Å². The molecule has 1 aromatic carbocycles. The predicted molar refractivity (Wildman–Crippen MR) is 77.8 cm³/mol. The molecule has 0 aromatic heterocycles. The fraction of sp³-hybridized carbons (Fsp3) is 0.500. The van der Waals surface area contributed by atoms with E-state index in [-0.39, 0.29) is 5.91 Å². The van der Waals surface area contributed by atoms with E-state index in [1.165, 1.54) is 12.0 Å². The van der Waals surface area contributed by atoms with E-state index in [1.54, 1.807) is 0 Å². The summed E-state index contributed by atoms with van der Waals surface area (Å²) in [5.74, 6) is 0.0957. The average molecular weight is 311 g/mol. The maximum Gasteiger partial charge on any atom is 0.225 e. The van der Waals surface area contributed by atoms with Crippen LogP contribution in [0.2, 0.25) is 0 Å². The molecule has 0 spiro atoms. The first-order valence-corrected chi connectivity index (χ1v) is 7.12. The highest BCUT2D eigenvalue weighted by Gasteiger charge is 2.23. The van der Waals surface area contributed by atoms with Crippen molar-refractivity contribution in [3.05, 3.63) is 28.2 Å². The molecular weight excluding hydrogens is 292 g/mol. The number of hydrogen-bond donors (Lipinski definition) is 1. The second kappa shape index (κ2) is 5.85. The SMILES string of the molecule is Cc1ccc(NC(=O)CC2CCCN2C)c(Br)c1. The number of aryl methyl sites for hydroxylation is 1. The van der Waals surface area contributed by atoms with E-state index in [2.05, 4.69) is 33.2 Å². The van der Waals surface area contributed by atoms with Crippen LogP contribution >= 0.6 is 15.9 Å². The van der Waals surface area contributed by atoms with Crippen molar-refractivity contribution in [1.82, 2.24) is 4.90 Å². The molecule has 0 saturated carbocycles. The predicted octanol–water partition coefficient (Wildman–Crippen LogP) is 3.18. The summed E-state index contributed by atoms with van der Waals surface area (Å²) in [5, 5.41) is 2.97. The summed E-state index contributed by atoms with van der Waals surface area (Å²) in [6.07, 6.45) is 2.90. The van der Waals surface area contributed by atoms with Gasteiger partial charge >= 0.3 is 0 Å². The number of anilines is 1. The summed E-state index contributed by atoms with van der Waals surface area (Å²) in [5.41, 5.74) is 2.03. The summed E-state index contributed by atoms with van der Waals surface area (Å²) < 4.78 is 0.940. The second-order valence-electron chi connectivity index (χ2n) is 5.01. The third-order valence-corrected chi connectivity index (χ3v) is 4.15. The van der Waals surface area contributed by atoms with Crippen LogP contribution in [0.15, 0.2) is 22.7 Å². The van der Waals surface area contributed by atoms with E-state index in [0.717, 1.165) is 23.1 Å². The van der Waals surface area contributed by atoms with Crippen molar-refractivity contribution < 1.29 is 4.79 Å². The van der Waals surface area contributed by atoms with Gasteiger partial charge in [-0.1, -0.05) is 6.07 Å². The highest BCUT2D eigenvalue weighted by molar-refractivity contribution is 9.10. The molecule has 98 valence electrons. The number of carbonyl (C=O) groups is 1. The zero-order chi connectivity index (χ0) is 13.1. The van der Waals surface area contributed by atoms with Gasteiger partial charge in [-0.25, -0.2) is 0 Å². The first-order valence-electron chi connectivity index (χ1n) is 6.32. The summed E-state index contributed by atoms with van der Waals surface area (Å²) in [7, 11) is 2.09. The highest BCUT2D eigenvalue weighted by atomic mass is 79.9. The first-order chi connectivity index (χ1) is 8.56. The van der Waals surface area contributed by atoms with E-state index in [0.29, 0.717) is 12.5 Å². The molecule has 2 rings (SSSR count). The van der Waals surface area contributed by atoms with Crippen LogP contribution in [-0.2, 0) is 4.79 Å². The Morgan fingerprint density at radius 1 is 1.56 bits per heavy atom. The Kier molecular flexibility index (Phi) is 4.40. The van der Waals surface area contributed by atoms with E-state index in [4.69, 9.17) is 0 Å². The van der Waals surface area contributed by atoms with Gasteiger partial charge in [0.15, 0.2) is 0 Å². The molecule has 1 fully saturated rings. The molecule has 1 unspecified atom stereocenters. The number of nitrogens with one attached hydrogen (secondary N) is 1. The molecule has 1 amide bonds. The van der Waals surface area contributed by atoms with Gasteiger partial charge in [0.1, 0.15) is 0 Å². The Morgan fingerprint density at radius 3 is 2.94 bits per heavy atom. The lowest BCUT2D eigenvalue weighted by Crippen LogP contribution is -2.29. The molecule has 1 atom stereocenters. The maximum absolute atomic E-state index is 12.0. The van der Waals surface area contributed by atoms with Crippen molar-refractivity contribution in [2.24, 2.45) is 0 Å². The minimum absolute atomic E-state index is 0.0957. The molecule has 1 aliphatic heterocycles. The van der Waals surface area contributed by atoms with Crippen molar-refractivity contribution in [2.45, 2.75) is 32.2 Å². The van der Waals surface area contributed by atoms with Gasteiger partial charge in [0.25, 0.3) is 0 Å². The Hall–Kier alpha value is -0.870. The molecule has 1 aliphatic rings. The van der Waals surface area contributed by atoms with Gasteiger partial charge in [0.2, 0.25) is 5.91 Å². The molecule has 4 heteroatoms. The van der Waals surface area contributed by atoms with Crippen molar-refractivity contribution in [3.63, 3.8) is 0 Å². The molecule has 0 bridgehead atoms. The smallest absolute Gasteiger partial charge is 0.225 e. The molecule has 3 nitrogen and oxygen atoms in total. The molecule has 1 N–H and O–H groups in total. The number of carbonyl (C=O) groups excluding carboxylic acids is 1. The minimum atomic E-state index is 0.0957. The summed E-state index contributed by atoms with van der Waals surface area (Å²) in [6.45, 7) is 3.13. The number of nitrogens with zero attached hydrogens (tertiary/aromatic N) is 1. The second-order valence-corrected chi connectivity index (χ2v) is 5.87. The zero-order valence-electron chi connectivity index (χ0n) is 10.9. The van der Waals surface area contributed by atoms with Gasteiger partial charge < -0.3 is 10.2 Å². The van der Waals surface area contributed by atoms with Gasteiger partial charge in [0.05, 0.1) is 5.69 Å². The summed E-state index contributed by atoms with van der Waals surface area (Å²) >= 11 is 3.48. The van der Waals surface area contributed by atoms with Crippen LogP contribution in [0.1, 0.15) is 24.8 Å². The third-order valence-electron chi connectivity index (χ3n) is 3.49. The van der Waals surface area contributed by atoms with Crippen LogP contribution in [0.25, 0.3) is 0 Å². The number of likely N-dealkylation sites (tertiary alicyclic amines) is 1. The number of rotatable bonds is 3. The standard InChI is InChI=1S/C14H19BrN2O/c1-10-5-6-13(12(15)8-10)16-14(18)9-11-4-3-7-17(11)2/h5-6,8,11H,3-4,7,9H2,1-2H3,(H,16,18).